The molecule has 0 unspecified atom stereocenters. The summed E-state index contributed by atoms with van der Waals surface area (Å²) in [5, 5.41) is 2.49. The Balaban J connectivity index is 2.90. The van der Waals surface area contributed by atoms with Crippen LogP contribution >= 0.6 is 0 Å². The monoisotopic (exact) mass is 289 g/mol. The second-order valence-electron chi connectivity index (χ2n) is 4.39. The molecule has 0 aliphatic heterocycles. The van der Waals surface area contributed by atoms with Gasteiger partial charge in [-0.15, -0.1) is 0 Å². The topological polar surface area (TPSA) is 58.4 Å². The molecule has 0 aromatic heterocycles. The van der Waals surface area contributed by atoms with E-state index < -0.39 is 11.7 Å². The third-order valence-electron chi connectivity index (χ3n) is 3.01. The lowest BCUT2D eigenvalue weighted by Crippen LogP contribution is -2.26. The van der Waals surface area contributed by atoms with E-state index in [-0.39, 0.29) is 24.4 Å². The number of rotatable bonds is 5. The van der Waals surface area contributed by atoms with Gasteiger partial charge in [0.05, 0.1) is 5.56 Å². The number of nitrogens with two attached hydrogens (primary N) is 1. The molecular weight excluding hydrogens is 271 g/mol. The molecule has 0 saturated heterocycles. The van der Waals surface area contributed by atoms with Crippen molar-refractivity contribution >= 4 is 11.6 Å². The summed E-state index contributed by atoms with van der Waals surface area (Å²) in [6.07, 6.45) is -4.14. The SMILES string of the molecule is CNC(=O)CCN(C)c1ccc(C(F)(F)F)c(CN)c1. The Morgan fingerprint density at radius 1 is 1.40 bits per heavy atom. The first-order chi connectivity index (χ1) is 9.29. The van der Waals surface area contributed by atoms with Crippen molar-refractivity contribution in [1.29, 1.82) is 0 Å². The van der Waals surface area contributed by atoms with Gasteiger partial charge < -0.3 is 16.0 Å². The number of benzene rings is 1. The Bertz CT molecular complexity index is 474. The van der Waals surface area contributed by atoms with Gasteiger partial charge in [0, 0.05) is 39.3 Å². The van der Waals surface area contributed by atoms with Crippen LogP contribution < -0.4 is 16.0 Å². The molecule has 0 atom stereocenters. The highest BCUT2D eigenvalue weighted by molar-refractivity contribution is 5.76. The number of hydrogen-bond acceptors (Lipinski definition) is 3. The van der Waals surface area contributed by atoms with Gasteiger partial charge >= 0.3 is 6.18 Å². The van der Waals surface area contributed by atoms with Crippen LogP contribution in [-0.2, 0) is 17.5 Å². The molecule has 0 fully saturated rings. The number of halogens is 3. The molecular formula is C13H18F3N3O. The van der Waals surface area contributed by atoms with Gasteiger partial charge in [0.15, 0.2) is 0 Å². The molecule has 1 rings (SSSR count). The standard InChI is InChI=1S/C13H18F3N3O/c1-18-12(20)5-6-19(2)10-3-4-11(13(14,15)16)9(7-10)8-17/h3-4,7H,5-6,8,17H2,1-2H3,(H,18,20). The number of anilines is 1. The van der Waals surface area contributed by atoms with Crippen molar-refractivity contribution < 1.29 is 18.0 Å². The average molecular weight is 289 g/mol. The predicted octanol–water partition coefficient (Wildman–Crippen LogP) is 1.74. The van der Waals surface area contributed by atoms with Crippen LogP contribution in [0.5, 0.6) is 0 Å². The number of nitrogens with one attached hydrogen (secondary N) is 1. The summed E-state index contributed by atoms with van der Waals surface area (Å²) in [6.45, 7) is 0.223. The number of hydrogen-bond donors (Lipinski definition) is 2. The van der Waals surface area contributed by atoms with Gasteiger partial charge in [0.25, 0.3) is 0 Å². The maximum Gasteiger partial charge on any atom is 0.416 e. The Morgan fingerprint density at radius 2 is 2.05 bits per heavy atom. The van der Waals surface area contributed by atoms with E-state index in [2.05, 4.69) is 5.32 Å². The zero-order valence-electron chi connectivity index (χ0n) is 11.4. The van der Waals surface area contributed by atoms with Crippen LogP contribution in [0.15, 0.2) is 18.2 Å². The van der Waals surface area contributed by atoms with E-state index in [0.717, 1.165) is 6.07 Å². The Hall–Kier alpha value is -1.76. The second-order valence-corrected chi connectivity index (χ2v) is 4.39. The maximum absolute atomic E-state index is 12.7. The molecule has 1 aromatic rings. The van der Waals surface area contributed by atoms with Crippen molar-refractivity contribution in [1.82, 2.24) is 5.32 Å². The normalized spacial score (nSPS) is 11.3. The Morgan fingerprint density at radius 3 is 2.55 bits per heavy atom. The van der Waals surface area contributed by atoms with Crippen LogP contribution in [0.25, 0.3) is 0 Å². The number of amides is 1. The van der Waals surface area contributed by atoms with Crippen molar-refractivity contribution in [2.24, 2.45) is 5.73 Å². The van der Waals surface area contributed by atoms with E-state index >= 15 is 0 Å². The first-order valence-corrected chi connectivity index (χ1v) is 6.11. The molecule has 1 amide bonds. The fourth-order valence-electron chi connectivity index (χ4n) is 1.79. The summed E-state index contributed by atoms with van der Waals surface area (Å²) in [4.78, 5) is 12.9. The average Bonchev–Trinajstić information content (AvgIpc) is 2.42. The van der Waals surface area contributed by atoms with Gasteiger partial charge in [-0.25, -0.2) is 0 Å². The smallest absolute Gasteiger partial charge is 0.374 e. The maximum atomic E-state index is 12.7. The zero-order valence-corrected chi connectivity index (χ0v) is 11.4. The number of nitrogens with zero attached hydrogens (tertiary/aromatic N) is 1. The largest absolute Gasteiger partial charge is 0.416 e. The molecule has 0 aliphatic carbocycles. The van der Waals surface area contributed by atoms with Crippen LogP contribution in [0.2, 0.25) is 0 Å². The van der Waals surface area contributed by atoms with Gasteiger partial charge in [0.2, 0.25) is 5.91 Å². The van der Waals surface area contributed by atoms with Crippen molar-refractivity contribution in [3.8, 4) is 0 Å². The van der Waals surface area contributed by atoms with Crippen LogP contribution in [0.1, 0.15) is 17.5 Å². The van der Waals surface area contributed by atoms with Crippen LogP contribution in [-0.4, -0.2) is 26.5 Å². The highest BCUT2D eigenvalue weighted by atomic mass is 19.4. The molecule has 20 heavy (non-hydrogen) atoms. The minimum absolute atomic E-state index is 0.0433. The van der Waals surface area contributed by atoms with Gasteiger partial charge in [-0.1, -0.05) is 0 Å². The van der Waals surface area contributed by atoms with Gasteiger partial charge in [-0.3, -0.25) is 4.79 Å². The van der Waals surface area contributed by atoms with Gasteiger partial charge in [-0.2, -0.15) is 13.2 Å². The predicted molar refractivity (Wildman–Crippen MR) is 71.3 cm³/mol. The highest BCUT2D eigenvalue weighted by Crippen LogP contribution is 2.33. The lowest BCUT2D eigenvalue weighted by atomic mass is 10.1. The van der Waals surface area contributed by atoms with E-state index in [4.69, 9.17) is 5.73 Å². The van der Waals surface area contributed by atoms with E-state index in [0.29, 0.717) is 12.2 Å². The second kappa shape index (κ2) is 6.60. The lowest BCUT2D eigenvalue weighted by molar-refractivity contribution is -0.138. The van der Waals surface area contributed by atoms with Crippen molar-refractivity contribution in [2.45, 2.75) is 19.1 Å². The Kier molecular flexibility index (Phi) is 5.38. The third-order valence-corrected chi connectivity index (χ3v) is 3.01. The molecule has 0 saturated carbocycles. The Labute approximate surface area is 115 Å². The summed E-state index contributed by atoms with van der Waals surface area (Å²) in [7, 11) is 3.25. The van der Waals surface area contributed by atoms with Gasteiger partial charge in [0.1, 0.15) is 0 Å². The van der Waals surface area contributed by atoms with E-state index in [9.17, 15) is 18.0 Å². The minimum atomic E-state index is -4.41. The molecule has 0 bridgehead atoms. The van der Waals surface area contributed by atoms with Crippen LogP contribution in [0.4, 0.5) is 18.9 Å². The fraction of sp³-hybridized carbons (Fsp3) is 0.462. The first-order valence-electron chi connectivity index (χ1n) is 6.11. The fourth-order valence-corrected chi connectivity index (χ4v) is 1.79. The van der Waals surface area contributed by atoms with E-state index in [1.165, 1.54) is 19.2 Å². The first kappa shape index (κ1) is 16.3. The highest BCUT2D eigenvalue weighted by Gasteiger charge is 2.33. The molecule has 1 aromatic carbocycles. The summed E-state index contributed by atoms with van der Waals surface area (Å²) < 4.78 is 38.2. The lowest BCUT2D eigenvalue weighted by Gasteiger charge is -2.21. The molecule has 7 heteroatoms. The summed E-state index contributed by atoms with van der Waals surface area (Å²) in [5.74, 6) is -0.122. The molecule has 0 radical (unpaired) electrons. The number of alkyl halides is 3. The molecule has 0 spiro atoms. The van der Waals surface area contributed by atoms with Crippen molar-refractivity contribution in [2.75, 3.05) is 25.5 Å². The minimum Gasteiger partial charge on any atom is -0.374 e. The molecule has 3 N–H and O–H groups in total. The summed E-state index contributed by atoms with van der Waals surface area (Å²) >= 11 is 0. The van der Waals surface area contributed by atoms with Crippen molar-refractivity contribution in [3.05, 3.63) is 29.3 Å². The van der Waals surface area contributed by atoms with E-state index in [1.54, 1.807) is 11.9 Å². The van der Waals surface area contributed by atoms with Crippen LogP contribution in [0, 0.1) is 0 Å². The molecule has 112 valence electrons. The number of carbonyl (C=O) groups is 1. The molecule has 4 nitrogen and oxygen atoms in total. The van der Waals surface area contributed by atoms with Crippen LogP contribution in [0.3, 0.4) is 0 Å². The third kappa shape index (κ3) is 4.12. The van der Waals surface area contributed by atoms with E-state index in [1.807, 2.05) is 0 Å². The summed E-state index contributed by atoms with van der Waals surface area (Å²) in [5.41, 5.74) is 5.30. The molecule has 0 aliphatic rings. The zero-order chi connectivity index (χ0) is 15.3. The molecule has 0 heterocycles. The quantitative estimate of drug-likeness (QED) is 0.868. The summed E-state index contributed by atoms with van der Waals surface area (Å²) in [6, 6.07) is 3.81. The van der Waals surface area contributed by atoms with Gasteiger partial charge in [-0.05, 0) is 23.8 Å². The van der Waals surface area contributed by atoms with Crippen molar-refractivity contribution in [3.63, 3.8) is 0 Å². The number of carbonyl (C=O) groups excluding carboxylic acids is 1.